The maximum Gasteiger partial charge on any atom is 0.225 e. The smallest absolute Gasteiger partial charge is 0.225 e. The molecular weight excluding hydrogens is 154 g/mol. The van der Waals surface area contributed by atoms with Gasteiger partial charge in [-0.1, -0.05) is 0 Å². The third kappa shape index (κ3) is 2.08. The zero-order chi connectivity index (χ0) is 8.97. The summed E-state index contributed by atoms with van der Waals surface area (Å²) in [4.78, 5) is 11.1. The van der Waals surface area contributed by atoms with Crippen LogP contribution in [0.5, 0.6) is 0 Å². The number of hydrogen-bond acceptors (Lipinski definition) is 2. The molecule has 1 aromatic rings. The summed E-state index contributed by atoms with van der Waals surface area (Å²) in [7, 11) is 1.83. The summed E-state index contributed by atoms with van der Waals surface area (Å²) in [5.41, 5.74) is 0.931. The molecule has 0 atom stereocenters. The second kappa shape index (κ2) is 3.90. The van der Waals surface area contributed by atoms with E-state index < -0.39 is 0 Å². The quantitative estimate of drug-likeness (QED) is 0.694. The number of nitrogens with zero attached hydrogens (tertiary/aromatic N) is 2. The van der Waals surface area contributed by atoms with E-state index in [0.717, 1.165) is 5.69 Å². The van der Waals surface area contributed by atoms with Crippen LogP contribution < -0.4 is 5.32 Å². The Kier molecular flexibility index (Phi) is 2.85. The average Bonchev–Trinajstić information content (AvgIpc) is 2.37. The molecule has 12 heavy (non-hydrogen) atoms. The summed E-state index contributed by atoms with van der Waals surface area (Å²) in [6, 6.07) is 1.84. The molecule has 1 N–H and O–H groups in total. The van der Waals surface area contributed by atoms with Gasteiger partial charge in [0, 0.05) is 25.5 Å². The topological polar surface area (TPSA) is 46.9 Å². The number of nitrogens with one attached hydrogen (secondary N) is 1. The van der Waals surface area contributed by atoms with Crippen LogP contribution in [0.25, 0.3) is 0 Å². The molecule has 1 aromatic heterocycles. The van der Waals surface area contributed by atoms with E-state index in [2.05, 4.69) is 10.4 Å². The third-order valence-electron chi connectivity index (χ3n) is 1.64. The zero-order valence-electron chi connectivity index (χ0n) is 7.37. The van der Waals surface area contributed by atoms with E-state index in [1.165, 1.54) is 0 Å². The van der Waals surface area contributed by atoms with E-state index in [4.69, 9.17) is 0 Å². The van der Waals surface area contributed by atoms with Crippen LogP contribution in [0.1, 0.15) is 12.6 Å². The first kappa shape index (κ1) is 8.77. The van der Waals surface area contributed by atoms with Gasteiger partial charge in [-0.15, -0.1) is 0 Å². The van der Waals surface area contributed by atoms with Crippen LogP contribution >= 0.6 is 0 Å². The number of carbonyl (C=O) groups is 1. The minimum absolute atomic E-state index is 0.0427. The lowest BCUT2D eigenvalue weighted by molar-refractivity contribution is -0.120. The van der Waals surface area contributed by atoms with Gasteiger partial charge in [0.25, 0.3) is 0 Å². The van der Waals surface area contributed by atoms with Gasteiger partial charge in [-0.05, 0) is 13.0 Å². The summed E-state index contributed by atoms with van der Waals surface area (Å²) in [5, 5.41) is 6.70. The van der Waals surface area contributed by atoms with Gasteiger partial charge < -0.3 is 5.32 Å². The monoisotopic (exact) mass is 167 g/mol. The van der Waals surface area contributed by atoms with Crippen LogP contribution in [0.15, 0.2) is 12.3 Å². The Hall–Kier alpha value is -1.32. The summed E-state index contributed by atoms with van der Waals surface area (Å²) in [5.74, 6) is 0.0427. The molecular formula is C8H13N3O. The molecule has 0 bridgehead atoms. The van der Waals surface area contributed by atoms with Crippen molar-refractivity contribution < 1.29 is 4.79 Å². The van der Waals surface area contributed by atoms with Crippen LogP contribution in [-0.2, 0) is 18.3 Å². The summed E-state index contributed by atoms with van der Waals surface area (Å²) >= 11 is 0. The van der Waals surface area contributed by atoms with Crippen molar-refractivity contribution in [3.8, 4) is 0 Å². The van der Waals surface area contributed by atoms with Gasteiger partial charge in [0.2, 0.25) is 5.91 Å². The number of rotatable bonds is 3. The van der Waals surface area contributed by atoms with Crippen molar-refractivity contribution in [3.63, 3.8) is 0 Å². The maximum atomic E-state index is 11.1. The molecule has 4 nitrogen and oxygen atoms in total. The van der Waals surface area contributed by atoms with Gasteiger partial charge in [-0.2, -0.15) is 5.10 Å². The highest BCUT2D eigenvalue weighted by Crippen LogP contribution is 1.96. The molecule has 1 amide bonds. The molecule has 0 radical (unpaired) electrons. The SMILES string of the molecule is CCNC(=O)Cc1ccnn1C. The van der Waals surface area contributed by atoms with Crippen molar-refractivity contribution in [1.29, 1.82) is 0 Å². The van der Waals surface area contributed by atoms with Crippen molar-refractivity contribution in [2.45, 2.75) is 13.3 Å². The standard InChI is InChI=1S/C8H13N3O/c1-3-9-8(12)6-7-4-5-10-11(7)2/h4-5H,3,6H2,1-2H3,(H,9,12). The Labute approximate surface area is 71.6 Å². The molecule has 1 rings (SSSR count). The van der Waals surface area contributed by atoms with Crippen LogP contribution in [0, 0.1) is 0 Å². The lowest BCUT2D eigenvalue weighted by Crippen LogP contribution is -2.25. The first-order valence-corrected chi connectivity index (χ1v) is 3.97. The molecule has 4 heteroatoms. The molecule has 0 saturated heterocycles. The van der Waals surface area contributed by atoms with E-state index in [0.29, 0.717) is 13.0 Å². The normalized spacial score (nSPS) is 9.83. The van der Waals surface area contributed by atoms with E-state index in [-0.39, 0.29) is 5.91 Å². The van der Waals surface area contributed by atoms with E-state index in [1.54, 1.807) is 10.9 Å². The van der Waals surface area contributed by atoms with Crippen molar-refractivity contribution in [1.82, 2.24) is 15.1 Å². The Morgan fingerprint density at radius 2 is 2.50 bits per heavy atom. The van der Waals surface area contributed by atoms with Crippen LogP contribution in [-0.4, -0.2) is 22.2 Å². The minimum Gasteiger partial charge on any atom is -0.356 e. The van der Waals surface area contributed by atoms with E-state index >= 15 is 0 Å². The van der Waals surface area contributed by atoms with Gasteiger partial charge in [0.05, 0.1) is 6.42 Å². The largest absolute Gasteiger partial charge is 0.356 e. The maximum absolute atomic E-state index is 11.1. The Morgan fingerprint density at radius 3 is 3.00 bits per heavy atom. The number of aryl methyl sites for hydroxylation is 1. The van der Waals surface area contributed by atoms with Crippen LogP contribution in [0.2, 0.25) is 0 Å². The average molecular weight is 167 g/mol. The van der Waals surface area contributed by atoms with E-state index in [9.17, 15) is 4.79 Å². The Balaban J connectivity index is 2.52. The second-order valence-electron chi connectivity index (χ2n) is 2.58. The number of hydrogen-bond donors (Lipinski definition) is 1. The first-order chi connectivity index (χ1) is 5.74. The molecule has 0 aliphatic heterocycles. The molecule has 0 unspecified atom stereocenters. The van der Waals surface area contributed by atoms with Crippen molar-refractivity contribution in [3.05, 3.63) is 18.0 Å². The number of likely N-dealkylation sites (N-methyl/N-ethyl adjacent to an activating group) is 1. The van der Waals surface area contributed by atoms with Gasteiger partial charge in [-0.25, -0.2) is 0 Å². The zero-order valence-corrected chi connectivity index (χ0v) is 7.37. The summed E-state index contributed by atoms with van der Waals surface area (Å²) in [6.45, 7) is 2.58. The summed E-state index contributed by atoms with van der Waals surface area (Å²) < 4.78 is 1.70. The van der Waals surface area contributed by atoms with Crippen LogP contribution in [0.4, 0.5) is 0 Å². The Morgan fingerprint density at radius 1 is 1.75 bits per heavy atom. The highest BCUT2D eigenvalue weighted by Gasteiger charge is 2.04. The molecule has 0 spiro atoms. The number of amides is 1. The highest BCUT2D eigenvalue weighted by molar-refractivity contribution is 5.77. The highest BCUT2D eigenvalue weighted by atomic mass is 16.1. The van der Waals surface area contributed by atoms with Crippen molar-refractivity contribution in [2.24, 2.45) is 7.05 Å². The molecule has 1 heterocycles. The van der Waals surface area contributed by atoms with Gasteiger partial charge in [0.15, 0.2) is 0 Å². The molecule has 0 fully saturated rings. The molecule has 66 valence electrons. The fourth-order valence-corrected chi connectivity index (χ4v) is 0.999. The van der Waals surface area contributed by atoms with Crippen molar-refractivity contribution in [2.75, 3.05) is 6.54 Å². The lowest BCUT2D eigenvalue weighted by atomic mass is 10.3. The number of aromatic nitrogens is 2. The number of carbonyl (C=O) groups excluding carboxylic acids is 1. The predicted molar refractivity (Wildman–Crippen MR) is 45.6 cm³/mol. The Bertz CT molecular complexity index is 267. The van der Waals surface area contributed by atoms with Gasteiger partial charge >= 0.3 is 0 Å². The molecule has 0 aliphatic carbocycles. The molecule has 0 aromatic carbocycles. The first-order valence-electron chi connectivity index (χ1n) is 3.97. The van der Waals surface area contributed by atoms with Gasteiger partial charge in [-0.3, -0.25) is 9.48 Å². The summed E-state index contributed by atoms with van der Waals surface area (Å²) in [6.07, 6.45) is 2.10. The predicted octanol–water partition coefficient (Wildman–Crippen LogP) is 0.0987. The minimum atomic E-state index is 0.0427. The molecule has 0 saturated carbocycles. The third-order valence-corrected chi connectivity index (χ3v) is 1.64. The second-order valence-corrected chi connectivity index (χ2v) is 2.58. The van der Waals surface area contributed by atoms with Gasteiger partial charge in [0.1, 0.15) is 0 Å². The fourth-order valence-electron chi connectivity index (χ4n) is 0.999. The van der Waals surface area contributed by atoms with E-state index in [1.807, 2.05) is 20.0 Å². The van der Waals surface area contributed by atoms with Crippen molar-refractivity contribution >= 4 is 5.91 Å². The van der Waals surface area contributed by atoms with Crippen LogP contribution in [0.3, 0.4) is 0 Å². The lowest BCUT2D eigenvalue weighted by Gasteiger charge is -2.01. The molecule has 0 aliphatic rings. The fraction of sp³-hybridized carbons (Fsp3) is 0.500.